The Labute approximate surface area is 176 Å². The summed E-state index contributed by atoms with van der Waals surface area (Å²) in [6, 6.07) is 7.86. The molecule has 0 radical (unpaired) electrons. The van der Waals surface area contributed by atoms with Gasteiger partial charge in [0.05, 0.1) is 31.6 Å². The van der Waals surface area contributed by atoms with Crippen LogP contribution in [0, 0.1) is 6.92 Å². The number of morpholine rings is 1. The molecule has 0 aliphatic carbocycles. The van der Waals surface area contributed by atoms with Crippen molar-refractivity contribution >= 4 is 18.0 Å². The van der Waals surface area contributed by atoms with Crippen LogP contribution in [0.25, 0.3) is 0 Å². The van der Waals surface area contributed by atoms with E-state index in [2.05, 4.69) is 15.3 Å². The fourth-order valence-corrected chi connectivity index (χ4v) is 3.19. The van der Waals surface area contributed by atoms with Gasteiger partial charge in [-0.05, 0) is 19.1 Å². The van der Waals surface area contributed by atoms with Crippen molar-refractivity contribution in [3.05, 3.63) is 42.2 Å². The van der Waals surface area contributed by atoms with Crippen molar-refractivity contribution in [2.45, 2.75) is 13.5 Å². The van der Waals surface area contributed by atoms with E-state index in [-0.39, 0.29) is 12.5 Å². The number of hydrogen-bond acceptors (Lipinski definition) is 6. The van der Waals surface area contributed by atoms with E-state index < -0.39 is 0 Å². The number of aromatic nitrogens is 2. The number of nitrogens with zero attached hydrogens (tertiary/aromatic N) is 4. The van der Waals surface area contributed by atoms with E-state index in [1.807, 2.05) is 31.2 Å². The first-order chi connectivity index (χ1) is 14.6. The molecule has 30 heavy (non-hydrogen) atoms. The molecular weight excluding hydrogens is 386 g/mol. The lowest BCUT2D eigenvalue weighted by molar-refractivity contribution is -0.132. The monoisotopic (exact) mass is 415 g/mol. The van der Waals surface area contributed by atoms with Crippen LogP contribution in [-0.2, 0) is 20.9 Å². The fourth-order valence-electron chi connectivity index (χ4n) is 3.19. The van der Waals surface area contributed by atoms with Crippen LogP contribution in [0.15, 0.2) is 36.7 Å². The summed E-state index contributed by atoms with van der Waals surface area (Å²) in [6.45, 7) is 7.63. The van der Waals surface area contributed by atoms with Crippen LogP contribution in [0.5, 0.6) is 5.75 Å². The highest BCUT2D eigenvalue weighted by Crippen LogP contribution is 2.11. The van der Waals surface area contributed by atoms with Crippen molar-refractivity contribution in [3.8, 4) is 5.75 Å². The number of aryl methyl sites for hydroxylation is 1. The van der Waals surface area contributed by atoms with E-state index in [9.17, 15) is 9.59 Å². The molecule has 1 aromatic carbocycles. The first-order valence-corrected chi connectivity index (χ1v) is 10.1. The summed E-state index contributed by atoms with van der Waals surface area (Å²) >= 11 is 0. The highest BCUT2D eigenvalue weighted by Gasteiger charge is 2.18. The van der Waals surface area contributed by atoms with Crippen LogP contribution < -0.4 is 10.1 Å². The summed E-state index contributed by atoms with van der Waals surface area (Å²) in [4.78, 5) is 27.6. The highest BCUT2D eigenvalue weighted by atomic mass is 16.5. The van der Waals surface area contributed by atoms with Gasteiger partial charge in [0.2, 0.25) is 12.3 Å². The molecule has 0 unspecified atom stereocenters. The second-order valence-corrected chi connectivity index (χ2v) is 7.19. The molecule has 0 bridgehead atoms. The number of benzene rings is 1. The average Bonchev–Trinajstić information content (AvgIpc) is 3.19. The Kier molecular flexibility index (Phi) is 8.22. The van der Waals surface area contributed by atoms with Crippen LogP contribution in [0.1, 0.15) is 5.56 Å². The molecule has 9 nitrogen and oxygen atoms in total. The minimum atomic E-state index is -0.0449. The second-order valence-electron chi connectivity index (χ2n) is 7.19. The number of hydrogen-bond donors (Lipinski definition) is 1. The molecule has 162 valence electrons. The van der Waals surface area contributed by atoms with Crippen molar-refractivity contribution in [3.63, 3.8) is 0 Å². The Morgan fingerprint density at radius 2 is 2.03 bits per heavy atom. The molecule has 1 aliphatic heterocycles. The van der Waals surface area contributed by atoms with E-state index in [0.717, 1.165) is 38.6 Å². The third kappa shape index (κ3) is 6.85. The van der Waals surface area contributed by atoms with Crippen LogP contribution in [0.3, 0.4) is 0 Å². The summed E-state index contributed by atoms with van der Waals surface area (Å²) in [6.07, 6.45) is 3.73. The SMILES string of the molecule is Cc1ccc(OCCN(CCN2CCOCC2)C(=O)Cn2cc(NC=O)cn2)cc1. The van der Waals surface area contributed by atoms with E-state index in [1.54, 1.807) is 11.1 Å². The molecule has 0 spiro atoms. The highest BCUT2D eigenvalue weighted by molar-refractivity contribution is 5.76. The lowest BCUT2D eigenvalue weighted by atomic mass is 10.2. The molecule has 2 aromatic rings. The van der Waals surface area contributed by atoms with E-state index in [1.165, 1.54) is 16.4 Å². The summed E-state index contributed by atoms with van der Waals surface area (Å²) in [5.74, 6) is 0.745. The standard InChI is InChI=1S/C21H29N5O4/c1-18-2-4-20(5-3-18)30-13-10-25(7-6-24-8-11-29-12-9-24)21(28)16-26-15-19(14-23-26)22-17-27/h2-5,14-15,17H,6-13,16H2,1H3,(H,22,27). The predicted molar refractivity (Wildman–Crippen MR) is 112 cm³/mol. The quantitative estimate of drug-likeness (QED) is 0.551. The Bertz CT molecular complexity index is 802. The fraction of sp³-hybridized carbons (Fsp3) is 0.476. The maximum absolute atomic E-state index is 12.9. The molecule has 9 heteroatoms. The van der Waals surface area contributed by atoms with Crippen LogP contribution >= 0.6 is 0 Å². The van der Waals surface area contributed by atoms with Gasteiger partial charge in [-0.15, -0.1) is 0 Å². The zero-order chi connectivity index (χ0) is 21.2. The van der Waals surface area contributed by atoms with Crippen molar-refractivity contribution in [2.24, 2.45) is 0 Å². The van der Waals surface area contributed by atoms with Crippen LogP contribution in [0.2, 0.25) is 0 Å². The van der Waals surface area contributed by atoms with Crippen molar-refractivity contribution in [1.82, 2.24) is 19.6 Å². The molecule has 2 heterocycles. The van der Waals surface area contributed by atoms with Gasteiger partial charge in [0, 0.05) is 32.4 Å². The Hall–Kier alpha value is -2.91. The number of rotatable bonds is 11. The summed E-state index contributed by atoms with van der Waals surface area (Å²) in [7, 11) is 0. The van der Waals surface area contributed by atoms with Gasteiger partial charge in [0.15, 0.2) is 0 Å². The predicted octanol–water partition coefficient (Wildman–Crippen LogP) is 1.000. The molecule has 1 aromatic heterocycles. The minimum absolute atomic E-state index is 0.0449. The van der Waals surface area contributed by atoms with Gasteiger partial charge in [-0.3, -0.25) is 19.2 Å². The van der Waals surface area contributed by atoms with Crippen LogP contribution in [0.4, 0.5) is 5.69 Å². The number of carbonyl (C=O) groups excluding carboxylic acids is 2. The maximum Gasteiger partial charge on any atom is 0.244 e. The number of nitrogens with one attached hydrogen (secondary N) is 1. The van der Waals surface area contributed by atoms with Gasteiger partial charge in [0.25, 0.3) is 0 Å². The maximum atomic E-state index is 12.9. The van der Waals surface area contributed by atoms with Gasteiger partial charge in [-0.1, -0.05) is 17.7 Å². The Morgan fingerprint density at radius 3 is 2.77 bits per heavy atom. The Balaban J connectivity index is 1.55. The molecular formula is C21H29N5O4. The molecule has 1 fully saturated rings. The first kappa shape index (κ1) is 21.8. The molecule has 2 amide bonds. The lowest BCUT2D eigenvalue weighted by Crippen LogP contribution is -2.45. The topological polar surface area (TPSA) is 88.9 Å². The zero-order valence-corrected chi connectivity index (χ0v) is 17.3. The number of ether oxygens (including phenoxy) is 2. The molecule has 3 rings (SSSR count). The molecule has 1 saturated heterocycles. The first-order valence-electron chi connectivity index (χ1n) is 10.1. The van der Waals surface area contributed by atoms with E-state index >= 15 is 0 Å². The number of carbonyl (C=O) groups is 2. The average molecular weight is 415 g/mol. The molecule has 0 atom stereocenters. The van der Waals surface area contributed by atoms with Gasteiger partial charge in [0.1, 0.15) is 18.9 Å². The Morgan fingerprint density at radius 1 is 1.27 bits per heavy atom. The summed E-state index contributed by atoms with van der Waals surface area (Å²) in [5.41, 5.74) is 1.73. The van der Waals surface area contributed by atoms with Gasteiger partial charge in [-0.25, -0.2) is 0 Å². The van der Waals surface area contributed by atoms with Gasteiger partial charge < -0.3 is 19.7 Å². The van der Waals surface area contributed by atoms with Gasteiger partial charge >= 0.3 is 0 Å². The third-order valence-electron chi connectivity index (χ3n) is 4.95. The molecule has 1 aliphatic rings. The largest absolute Gasteiger partial charge is 0.492 e. The number of anilines is 1. The number of amides is 2. The van der Waals surface area contributed by atoms with Crippen molar-refractivity contribution in [2.75, 3.05) is 57.9 Å². The summed E-state index contributed by atoms with van der Waals surface area (Å²) in [5, 5.41) is 6.66. The molecule has 0 saturated carbocycles. The minimum Gasteiger partial charge on any atom is -0.492 e. The normalized spacial score (nSPS) is 14.3. The third-order valence-corrected chi connectivity index (χ3v) is 4.95. The summed E-state index contributed by atoms with van der Waals surface area (Å²) < 4.78 is 12.7. The molecule has 1 N–H and O–H groups in total. The zero-order valence-electron chi connectivity index (χ0n) is 17.3. The van der Waals surface area contributed by atoms with Crippen LogP contribution in [-0.4, -0.2) is 84.4 Å². The smallest absolute Gasteiger partial charge is 0.244 e. The van der Waals surface area contributed by atoms with Crippen molar-refractivity contribution < 1.29 is 19.1 Å². The second kappa shape index (κ2) is 11.3. The van der Waals surface area contributed by atoms with E-state index in [4.69, 9.17) is 9.47 Å². The van der Waals surface area contributed by atoms with Crippen molar-refractivity contribution in [1.29, 1.82) is 0 Å². The lowest BCUT2D eigenvalue weighted by Gasteiger charge is -2.30. The van der Waals surface area contributed by atoms with E-state index in [0.29, 0.717) is 31.8 Å². The van der Waals surface area contributed by atoms with Gasteiger partial charge in [-0.2, -0.15) is 5.10 Å².